The zero-order valence-corrected chi connectivity index (χ0v) is 7.77. The average molecular weight is 192 g/mol. The van der Waals surface area contributed by atoms with Crippen molar-refractivity contribution in [3.05, 3.63) is 35.9 Å². The Morgan fingerprint density at radius 2 is 2.00 bits per heavy atom. The standard InChI is InChI=1S/C11H12O3/c12-10(14-11(13)6-7-11)8-9-4-2-1-3-5-9/h1-5,13H,6-8H2. The van der Waals surface area contributed by atoms with Crippen LogP contribution in [0.5, 0.6) is 0 Å². The van der Waals surface area contributed by atoms with Crippen molar-refractivity contribution < 1.29 is 14.6 Å². The third kappa shape index (κ3) is 2.33. The summed E-state index contributed by atoms with van der Waals surface area (Å²) in [6.45, 7) is 0. The van der Waals surface area contributed by atoms with Gasteiger partial charge in [0.15, 0.2) is 0 Å². The average Bonchev–Trinajstić information content (AvgIpc) is 2.84. The molecular weight excluding hydrogens is 180 g/mol. The third-order valence-corrected chi connectivity index (χ3v) is 2.17. The molecule has 0 atom stereocenters. The van der Waals surface area contributed by atoms with Crippen LogP contribution >= 0.6 is 0 Å². The van der Waals surface area contributed by atoms with Crippen LogP contribution < -0.4 is 0 Å². The fourth-order valence-corrected chi connectivity index (χ4v) is 1.22. The van der Waals surface area contributed by atoms with Gasteiger partial charge in [-0.2, -0.15) is 0 Å². The van der Waals surface area contributed by atoms with Crippen LogP contribution in [0, 0.1) is 0 Å². The van der Waals surface area contributed by atoms with E-state index in [1.807, 2.05) is 30.3 Å². The van der Waals surface area contributed by atoms with Crippen LogP contribution in [0.3, 0.4) is 0 Å². The van der Waals surface area contributed by atoms with Gasteiger partial charge in [-0.3, -0.25) is 4.79 Å². The largest absolute Gasteiger partial charge is 0.433 e. The van der Waals surface area contributed by atoms with Gasteiger partial charge >= 0.3 is 5.97 Å². The van der Waals surface area contributed by atoms with E-state index < -0.39 is 5.79 Å². The van der Waals surface area contributed by atoms with Crippen LogP contribution in [0.15, 0.2) is 30.3 Å². The minimum absolute atomic E-state index is 0.225. The number of carbonyl (C=O) groups is 1. The second-order valence-electron chi connectivity index (χ2n) is 3.58. The van der Waals surface area contributed by atoms with E-state index >= 15 is 0 Å². The molecule has 3 heteroatoms. The van der Waals surface area contributed by atoms with Gasteiger partial charge in [-0.25, -0.2) is 0 Å². The molecule has 0 aliphatic heterocycles. The van der Waals surface area contributed by atoms with Crippen molar-refractivity contribution in [3.63, 3.8) is 0 Å². The Bertz CT molecular complexity index is 328. The quantitative estimate of drug-likeness (QED) is 0.579. The van der Waals surface area contributed by atoms with Gasteiger partial charge in [0.1, 0.15) is 0 Å². The van der Waals surface area contributed by atoms with Crippen molar-refractivity contribution in [2.24, 2.45) is 0 Å². The van der Waals surface area contributed by atoms with Crippen molar-refractivity contribution >= 4 is 5.97 Å². The first-order valence-corrected chi connectivity index (χ1v) is 4.66. The number of hydrogen-bond donors (Lipinski definition) is 1. The molecular formula is C11H12O3. The molecule has 1 saturated carbocycles. The summed E-state index contributed by atoms with van der Waals surface area (Å²) in [4.78, 5) is 11.3. The number of aliphatic hydroxyl groups is 1. The molecule has 0 spiro atoms. The second-order valence-corrected chi connectivity index (χ2v) is 3.58. The lowest BCUT2D eigenvalue weighted by Crippen LogP contribution is -2.19. The van der Waals surface area contributed by atoms with E-state index in [0.717, 1.165) is 5.56 Å². The molecule has 2 rings (SSSR count). The summed E-state index contributed by atoms with van der Waals surface area (Å²) in [6.07, 6.45) is 1.35. The first-order chi connectivity index (χ1) is 6.68. The Morgan fingerprint density at radius 1 is 1.36 bits per heavy atom. The summed E-state index contributed by atoms with van der Waals surface area (Å²) in [6, 6.07) is 9.35. The normalized spacial score (nSPS) is 17.5. The van der Waals surface area contributed by atoms with Gasteiger partial charge in [-0.15, -0.1) is 0 Å². The first-order valence-electron chi connectivity index (χ1n) is 4.66. The lowest BCUT2D eigenvalue weighted by molar-refractivity contribution is -0.174. The fourth-order valence-electron chi connectivity index (χ4n) is 1.22. The van der Waals surface area contributed by atoms with Crippen LogP contribution in [0.25, 0.3) is 0 Å². The zero-order chi connectivity index (χ0) is 10.0. The highest BCUT2D eigenvalue weighted by atomic mass is 16.7. The van der Waals surface area contributed by atoms with Gasteiger partial charge in [0, 0.05) is 12.8 Å². The molecule has 0 heterocycles. The second kappa shape index (κ2) is 3.42. The third-order valence-electron chi connectivity index (χ3n) is 2.17. The van der Waals surface area contributed by atoms with Crippen molar-refractivity contribution in [2.45, 2.75) is 25.0 Å². The van der Waals surface area contributed by atoms with Gasteiger partial charge in [-0.1, -0.05) is 30.3 Å². The molecule has 0 amide bonds. The van der Waals surface area contributed by atoms with Gasteiger partial charge in [-0.05, 0) is 5.56 Å². The molecule has 1 aromatic rings. The lowest BCUT2D eigenvalue weighted by atomic mass is 10.2. The highest BCUT2D eigenvalue weighted by Crippen LogP contribution is 2.36. The first kappa shape index (κ1) is 9.21. The van der Waals surface area contributed by atoms with Crippen LogP contribution in [0.1, 0.15) is 18.4 Å². The molecule has 3 nitrogen and oxygen atoms in total. The van der Waals surface area contributed by atoms with E-state index in [1.54, 1.807) is 0 Å². The molecule has 1 N–H and O–H groups in total. The molecule has 1 fully saturated rings. The van der Waals surface area contributed by atoms with E-state index in [2.05, 4.69) is 0 Å². The Balaban J connectivity index is 1.89. The van der Waals surface area contributed by atoms with Crippen LogP contribution in [0.4, 0.5) is 0 Å². The number of esters is 1. The van der Waals surface area contributed by atoms with E-state index in [-0.39, 0.29) is 12.4 Å². The summed E-state index contributed by atoms with van der Waals surface area (Å²) >= 11 is 0. The monoisotopic (exact) mass is 192 g/mol. The predicted octanol–water partition coefficient (Wildman–Crippen LogP) is 1.25. The zero-order valence-electron chi connectivity index (χ0n) is 7.77. The van der Waals surface area contributed by atoms with Crippen LogP contribution in [0.2, 0.25) is 0 Å². The predicted molar refractivity (Wildman–Crippen MR) is 50.4 cm³/mol. The van der Waals surface area contributed by atoms with Crippen molar-refractivity contribution in [3.8, 4) is 0 Å². The summed E-state index contributed by atoms with van der Waals surface area (Å²) in [5.41, 5.74) is 0.904. The van der Waals surface area contributed by atoms with Crippen molar-refractivity contribution in [1.82, 2.24) is 0 Å². The van der Waals surface area contributed by atoms with E-state index in [0.29, 0.717) is 12.8 Å². The van der Waals surface area contributed by atoms with Crippen molar-refractivity contribution in [1.29, 1.82) is 0 Å². The number of ether oxygens (including phenoxy) is 1. The van der Waals surface area contributed by atoms with Gasteiger partial charge < -0.3 is 9.84 Å². The molecule has 1 aliphatic rings. The van der Waals surface area contributed by atoms with E-state index in [1.165, 1.54) is 0 Å². The van der Waals surface area contributed by atoms with Crippen LogP contribution in [-0.2, 0) is 16.0 Å². The molecule has 0 saturated heterocycles. The van der Waals surface area contributed by atoms with Crippen molar-refractivity contribution in [2.75, 3.05) is 0 Å². The van der Waals surface area contributed by atoms with Gasteiger partial charge in [0.25, 0.3) is 0 Å². The Morgan fingerprint density at radius 3 is 2.57 bits per heavy atom. The van der Waals surface area contributed by atoms with E-state index in [4.69, 9.17) is 4.74 Å². The molecule has 14 heavy (non-hydrogen) atoms. The fraction of sp³-hybridized carbons (Fsp3) is 0.364. The Labute approximate surface area is 82.3 Å². The number of rotatable bonds is 3. The topological polar surface area (TPSA) is 46.5 Å². The summed E-state index contributed by atoms with van der Waals surface area (Å²) in [7, 11) is 0. The molecule has 0 bridgehead atoms. The van der Waals surface area contributed by atoms with Gasteiger partial charge in [0.2, 0.25) is 5.79 Å². The molecule has 0 radical (unpaired) electrons. The molecule has 74 valence electrons. The smallest absolute Gasteiger partial charge is 0.312 e. The van der Waals surface area contributed by atoms with Crippen LogP contribution in [-0.4, -0.2) is 16.9 Å². The Hall–Kier alpha value is -1.35. The maximum atomic E-state index is 11.3. The molecule has 1 aliphatic carbocycles. The van der Waals surface area contributed by atoms with E-state index in [9.17, 15) is 9.90 Å². The number of carbonyl (C=O) groups excluding carboxylic acids is 1. The summed E-state index contributed by atoms with van der Waals surface area (Å²) in [5.74, 6) is -1.51. The molecule has 0 unspecified atom stereocenters. The summed E-state index contributed by atoms with van der Waals surface area (Å²) < 4.78 is 4.87. The molecule has 0 aromatic heterocycles. The lowest BCUT2D eigenvalue weighted by Gasteiger charge is -2.09. The highest BCUT2D eigenvalue weighted by Gasteiger charge is 2.44. The minimum atomic E-state index is -1.15. The van der Waals surface area contributed by atoms with Gasteiger partial charge in [0.05, 0.1) is 6.42 Å². The summed E-state index contributed by atoms with van der Waals surface area (Å²) in [5, 5.41) is 9.33. The minimum Gasteiger partial charge on any atom is -0.433 e. The highest BCUT2D eigenvalue weighted by molar-refractivity contribution is 5.73. The maximum Gasteiger partial charge on any atom is 0.312 e. The number of benzene rings is 1. The number of hydrogen-bond acceptors (Lipinski definition) is 3. The molecule has 1 aromatic carbocycles. The maximum absolute atomic E-state index is 11.3. The Kier molecular flexibility index (Phi) is 2.25. The SMILES string of the molecule is O=C(Cc1ccccc1)OC1(O)CC1.